The van der Waals surface area contributed by atoms with E-state index in [0.29, 0.717) is 24.3 Å². The van der Waals surface area contributed by atoms with Gasteiger partial charge >= 0.3 is 11.9 Å². The molecule has 0 bridgehead atoms. The summed E-state index contributed by atoms with van der Waals surface area (Å²) in [5.74, 6) is -1.05. The highest BCUT2D eigenvalue weighted by Gasteiger charge is 2.16. The fourth-order valence-electron chi connectivity index (χ4n) is 6.63. The van der Waals surface area contributed by atoms with E-state index in [1.165, 1.54) is 11.1 Å². The van der Waals surface area contributed by atoms with E-state index in [0.717, 1.165) is 99.0 Å². The number of fused-ring (bicyclic) bond motifs is 2. The van der Waals surface area contributed by atoms with Crippen molar-refractivity contribution in [2.75, 3.05) is 18.5 Å². The number of nitrogens with zero attached hydrogens (tertiary/aromatic N) is 2. The summed E-state index contributed by atoms with van der Waals surface area (Å²) >= 11 is 14.8. The summed E-state index contributed by atoms with van der Waals surface area (Å²) in [6.07, 6.45) is 5.44. The van der Waals surface area contributed by atoms with Crippen molar-refractivity contribution in [1.29, 1.82) is 0 Å². The SMILES string of the molecule is CCCc1cc(C)c2cc(Cc3c(Br)cc(NCC(=O)OC(=O)COc4cc(Br)c(Cc5ccc6nc(CCC)cc(C)c6c5)c(Br)c4)cc3Br)ccc2n1. The predicted molar refractivity (Wildman–Crippen MR) is 235 cm³/mol. The normalized spacial score (nSPS) is 11.3. The number of nitrogens with one attached hydrogen (secondary N) is 1. The first-order chi connectivity index (χ1) is 26.4. The van der Waals surface area contributed by atoms with Gasteiger partial charge in [0.1, 0.15) is 12.3 Å². The molecule has 0 aliphatic rings. The molecule has 7 nitrogen and oxygen atoms in total. The van der Waals surface area contributed by atoms with Crippen LogP contribution in [0.15, 0.2) is 90.7 Å². The number of aromatic nitrogens is 2. The van der Waals surface area contributed by atoms with Crippen LogP contribution in [-0.4, -0.2) is 35.1 Å². The lowest BCUT2D eigenvalue weighted by Crippen LogP contribution is -2.24. The number of anilines is 1. The van der Waals surface area contributed by atoms with Gasteiger partial charge in [-0.05, 0) is 134 Å². The Morgan fingerprint density at radius 1 is 0.636 bits per heavy atom. The smallest absolute Gasteiger partial charge is 0.351 e. The van der Waals surface area contributed by atoms with Gasteiger partial charge in [0.15, 0.2) is 6.61 Å². The minimum Gasteiger partial charge on any atom is -0.482 e. The third-order valence-electron chi connectivity index (χ3n) is 9.32. The summed E-state index contributed by atoms with van der Waals surface area (Å²) in [4.78, 5) is 34.8. The van der Waals surface area contributed by atoms with Crippen LogP contribution in [0.5, 0.6) is 5.75 Å². The lowest BCUT2D eigenvalue weighted by molar-refractivity contribution is -0.159. The molecule has 4 aromatic carbocycles. The Morgan fingerprint density at radius 3 is 1.58 bits per heavy atom. The number of aryl methyl sites for hydroxylation is 4. The number of hydrogen-bond acceptors (Lipinski definition) is 7. The molecule has 0 saturated carbocycles. The van der Waals surface area contributed by atoms with Crippen molar-refractivity contribution in [3.05, 3.63) is 135 Å². The van der Waals surface area contributed by atoms with Gasteiger partial charge in [0.05, 0.1) is 11.0 Å². The van der Waals surface area contributed by atoms with Gasteiger partial charge in [0.25, 0.3) is 0 Å². The van der Waals surface area contributed by atoms with E-state index in [4.69, 9.17) is 19.4 Å². The van der Waals surface area contributed by atoms with Crippen LogP contribution >= 0.6 is 63.7 Å². The van der Waals surface area contributed by atoms with Crippen molar-refractivity contribution in [1.82, 2.24) is 9.97 Å². The highest BCUT2D eigenvalue weighted by Crippen LogP contribution is 2.35. The van der Waals surface area contributed by atoms with Crippen LogP contribution in [0.1, 0.15) is 71.5 Å². The van der Waals surface area contributed by atoms with E-state index >= 15 is 0 Å². The molecule has 1 N–H and O–H groups in total. The van der Waals surface area contributed by atoms with Gasteiger partial charge in [-0.25, -0.2) is 9.59 Å². The van der Waals surface area contributed by atoms with E-state index in [1.807, 2.05) is 24.3 Å². The Morgan fingerprint density at radius 2 is 1.11 bits per heavy atom. The predicted octanol–water partition coefficient (Wildman–Crippen LogP) is 12.1. The molecule has 0 amide bonds. The van der Waals surface area contributed by atoms with Crippen LogP contribution in [0, 0.1) is 13.8 Å². The van der Waals surface area contributed by atoms with Crippen LogP contribution < -0.4 is 10.1 Å². The van der Waals surface area contributed by atoms with Crippen LogP contribution in [-0.2, 0) is 40.0 Å². The van der Waals surface area contributed by atoms with Crippen LogP contribution in [0.3, 0.4) is 0 Å². The molecule has 284 valence electrons. The molecular formula is C44H41Br4N3O4. The van der Waals surface area contributed by atoms with E-state index in [-0.39, 0.29) is 6.54 Å². The summed E-state index contributed by atoms with van der Waals surface area (Å²) in [6.45, 7) is 7.98. The molecule has 2 aromatic heterocycles. The third-order valence-corrected chi connectivity index (χ3v) is 12.1. The van der Waals surface area contributed by atoms with E-state index < -0.39 is 18.5 Å². The molecule has 6 aromatic rings. The number of pyridine rings is 2. The maximum atomic E-state index is 12.6. The molecular weight excluding hydrogens is 954 g/mol. The minimum absolute atomic E-state index is 0.197. The zero-order valence-corrected chi connectivity index (χ0v) is 37.5. The Kier molecular flexibility index (Phi) is 13.8. The molecule has 2 heterocycles. The lowest BCUT2D eigenvalue weighted by Gasteiger charge is -2.14. The summed E-state index contributed by atoms with van der Waals surface area (Å²) in [6, 6.07) is 24.6. The Bertz CT molecular complexity index is 2200. The largest absolute Gasteiger partial charge is 0.482 e. The number of esters is 2. The highest BCUT2D eigenvalue weighted by atomic mass is 79.9. The van der Waals surface area contributed by atoms with Gasteiger partial charge in [-0.15, -0.1) is 0 Å². The number of carbonyl (C=O) groups is 2. The third kappa shape index (κ3) is 10.4. The number of benzene rings is 4. The van der Waals surface area contributed by atoms with E-state index in [2.05, 4.69) is 145 Å². The summed E-state index contributed by atoms with van der Waals surface area (Å²) < 4.78 is 14.2. The average molecular weight is 995 g/mol. The molecule has 0 spiro atoms. The lowest BCUT2D eigenvalue weighted by atomic mass is 10.00. The fourth-order valence-corrected chi connectivity index (χ4v) is 9.53. The quantitative estimate of drug-likeness (QED) is 0.0859. The molecule has 6 rings (SSSR count). The highest BCUT2D eigenvalue weighted by molar-refractivity contribution is 9.11. The maximum absolute atomic E-state index is 12.6. The maximum Gasteiger partial charge on any atom is 0.351 e. The van der Waals surface area contributed by atoms with Gasteiger partial charge in [0.2, 0.25) is 0 Å². The van der Waals surface area contributed by atoms with Crippen LogP contribution in [0.25, 0.3) is 21.8 Å². The second kappa shape index (κ2) is 18.5. The Hall–Kier alpha value is -3.64. The number of ether oxygens (including phenoxy) is 2. The molecule has 0 atom stereocenters. The fraction of sp³-hybridized carbons (Fsp3) is 0.273. The average Bonchev–Trinajstić information content (AvgIpc) is 3.13. The Balaban J connectivity index is 1.00. The molecule has 0 saturated heterocycles. The number of hydrogen-bond donors (Lipinski definition) is 1. The van der Waals surface area contributed by atoms with Crippen molar-refractivity contribution in [3.63, 3.8) is 0 Å². The van der Waals surface area contributed by atoms with Crippen LogP contribution in [0.2, 0.25) is 0 Å². The second-order valence-electron chi connectivity index (χ2n) is 13.7. The molecule has 11 heteroatoms. The summed E-state index contributed by atoms with van der Waals surface area (Å²) in [7, 11) is 0. The number of halogens is 4. The van der Waals surface area contributed by atoms with E-state index in [9.17, 15) is 9.59 Å². The first kappa shape index (κ1) is 41.0. The minimum atomic E-state index is -0.787. The molecule has 0 unspecified atom stereocenters. The van der Waals surface area contributed by atoms with Gasteiger partial charge in [-0.1, -0.05) is 103 Å². The van der Waals surface area contributed by atoms with Crippen molar-refractivity contribution < 1.29 is 19.1 Å². The summed E-state index contributed by atoms with van der Waals surface area (Å²) in [5.41, 5.74) is 11.8. The molecule has 0 aliphatic carbocycles. The van der Waals surface area contributed by atoms with Crippen molar-refractivity contribution >= 4 is 103 Å². The zero-order valence-electron chi connectivity index (χ0n) is 31.1. The first-order valence-corrected chi connectivity index (χ1v) is 21.4. The monoisotopic (exact) mass is 991 g/mol. The molecule has 0 aliphatic heterocycles. The van der Waals surface area contributed by atoms with Crippen LogP contribution in [0.4, 0.5) is 5.69 Å². The van der Waals surface area contributed by atoms with Gasteiger partial charge in [0, 0.05) is 45.7 Å². The van der Waals surface area contributed by atoms with Gasteiger partial charge in [-0.3, -0.25) is 9.97 Å². The van der Waals surface area contributed by atoms with Gasteiger partial charge < -0.3 is 14.8 Å². The number of carbonyl (C=O) groups excluding carboxylic acids is 2. The Labute approximate surface area is 355 Å². The first-order valence-electron chi connectivity index (χ1n) is 18.2. The molecule has 0 radical (unpaired) electrons. The van der Waals surface area contributed by atoms with Crippen molar-refractivity contribution in [3.8, 4) is 5.75 Å². The van der Waals surface area contributed by atoms with E-state index in [1.54, 1.807) is 0 Å². The molecule has 55 heavy (non-hydrogen) atoms. The van der Waals surface area contributed by atoms with Crippen molar-refractivity contribution in [2.24, 2.45) is 0 Å². The molecule has 0 fully saturated rings. The van der Waals surface area contributed by atoms with Gasteiger partial charge in [-0.2, -0.15) is 0 Å². The standard InChI is InChI=1S/C44H41Br4N3O4/c1-5-7-29-13-25(3)33-15-27(9-11-41(33)50-29)17-35-37(45)19-31(20-38(35)46)49-23-43(52)55-44(53)24-54-32-21-39(47)36(40(48)22-32)18-28-10-12-42-34(16-28)26(4)14-30(51-42)8-6-2/h9-16,19-22,49H,5-8,17-18,23-24H2,1-4H3. The summed E-state index contributed by atoms with van der Waals surface area (Å²) in [5, 5.41) is 5.35. The zero-order chi connectivity index (χ0) is 39.2. The second-order valence-corrected chi connectivity index (χ2v) is 17.1. The topological polar surface area (TPSA) is 90.4 Å². The number of rotatable bonds is 14. The van der Waals surface area contributed by atoms with Crippen molar-refractivity contribution in [2.45, 2.75) is 66.2 Å².